The Balaban J connectivity index is 3.95. The van der Waals surface area contributed by atoms with Crippen molar-refractivity contribution < 1.29 is 18.6 Å². The van der Waals surface area contributed by atoms with Gasteiger partial charge in [0.25, 0.3) is 0 Å². The first-order valence-corrected chi connectivity index (χ1v) is 8.04. The largest absolute Gasteiger partial charge is 0.354 e. The van der Waals surface area contributed by atoms with E-state index in [2.05, 4.69) is 10.8 Å². The normalized spacial score (nSPS) is 12.2. The maximum Gasteiger partial charge on any atom is 0.240 e. The minimum atomic E-state index is -0.473. The first-order valence-electron chi connectivity index (χ1n) is 6.14. The molecular weight excluding hydrogens is 288 g/mol. The third-order valence-corrected chi connectivity index (χ3v) is 3.52. The van der Waals surface area contributed by atoms with E-state index in [9.17, 15) is 9.59 Å². The van der Waals surface area contributed by atoms with Crippen molar-refractivity contribution in [2.75, 3.05) is 31.3 Å². The van der Waals surface area contributed by atoms with E-state index in [4.69, 9.17) is 9.02 Å². The van der Waals surface area contributed by atoms with E-state index in [1.165, 1.54) is 30.7 Å². The number of amides is 1. The van der Waals surface area contributed by atoms with E-state index in [0.29, 0.717) is 31.3 Å². The smallest absolute Gasteiger partial charge is 0.240 e. The van der Waals surface area contributed by atoms with Gasteiger partial charge in [0.05, 0.1) is 13.2 Å². The maximum atomic E-state index is 11.9. The first-order chi connectivity index (χ1) is 9.11. The van der Waals surface area contributed by atoms with Crippen LogP contribution in [0.25, 0.3) is 0 Å². The van der Waals surface area contributed by atoms with Crippen molar-refractivity contribution in [3.05, 3.63) is 0 Å². The molecule has 0 aliphatic rings. The van der Waals surface area contributed by atoms with Crippen molar-refractivity contribution in [1.29, 1.82) is 0 Å². The third kappa shape index (κ3) is 11.3. The minimum absolute atomic E-state index is 0.0464. The lowest BCUT2D eigenvalue weighted by atomic mass is 10.3. The molecule has 0 unspecified atom stereocenters. The highest BCUT2D eigenvalue weighted by atomic mass is 32.2. The lowest BCUT2D eigenvalue weighted by Gasteiger charge is -2.16. The summed E-state index contributed by atoms with van der Waals surface area (Å²) >= 11 is 2.41. The minimum Gasteiger partial charge on any atom is -0.354 e. The lowest BCUT2D eigenvalue weighted by Crippen LogP contribution is -2.46. The highest BCUT2D eigenvalue weighted by Crippen LogP contribution is 2.05. The Morgan fingerprint density at radius 3 is 2.58 bits per heavy atom. The third-order valence-electron chi connectivity index (χ3n) is 1.83. The van der Waals surface area contributed by atoms with Crippen LogP contribution >= 0.6 is 23.8 Å². The van der Waals surface area contributed by atoms with Crippen molar-refractivity contribution in [3.8, 4) is 0 Å². The molecule has 0 saturated heterocycles. The molecule has 1 atom stereocenters. The number of carbonyl (C=O) groups excluding carboxylic acids is 2. The van der Waals surface area contributed by atoms with Crippen LogP contribution in [0.15, 0.2) is 0 Å². The quantitative estimate of drug-likeness (QED) is 0.334. The molecule has 0 radical (unpaired) electrons. The van der Waals surface area contributed by atoms with E-state index >= 15 is 0 Å². The predicted molar refractivity (Wildman–Crippen MR) is 78.8 cm³/mol. The lowest BCUT2D eigenvalue weighted by molar-refractivity contribution is -0.126. The Bertz CT molecular complexity index is 267. The Morgan fingerprint density at radius 2 is 2.00 bits per heavy atom. The summed E-state index contributed by atoms with van der Waals surface area (Å²) in [6.07, 6.45) is 0. The predicted octanol–water partition coefficient (Wildman–Crippen LogP) is 0.977. The van der Waals surface area contributed by atoms with E-state index < -0.39 is 6.04 Å². The van der Waals surface area contributed by atoms with Crippen molar-refractivity contribution in [3.63, 3.8) is 0 Å². The fourth-order valence-electron chi connectivity index (χ4n) is 1.04. The van der Waals surface area contributed by atoms with Crippen LogP contribution in [0.1, 0.15) is 20.8 Å². The zero-order valence-electron chi connectivity index (χ0n) is 11.6. The molecular formula is C11H22N2O4S2. The van der Waals surface area contributed by atoms with Crippen LogP contribution in [0.3, 0.4) is 0 Å². The number of nitrogens with one attached hydrogen (secondary N) is 2. The van der Waals surface area contributed by atoms with Crippen molar-refractivity contribution in [2.45, 2.75) is 26.8 Å². The summed E-state index contributed by atoms with van der Waals surface area (Å²) in [7, 11) is 0. The van der Waals surface area contributed by atoms with E-state index in [0.717, 1.165) is 0 Å². The highest BCUT2D eigenvalue weighted by Gasteiger charge is 2.18. The van der Waals surface area contributed by atoms with Gasteiger partial charge in [0, 0.05) is 25.0 Å². The second-order valence-corrected chi connectivity index (χ2v) is 5.50. The number of rotatable bonds is 11. The summed E-state index contributed by atoms with van der Waals surface area (Å²) < 4.78 is 5.14. The number of carbonyl (C=O) groups is 2. The standard InChI is InChI=1S/C11H22N2O4S2/c1-4-16-13-10(8-19-17-5-2)11(15)12-6-7-18-9(3)14/h10,13H,4-8H2,1-3H3,(H,12,15)/t10-/m0/s1. The molecule has 0 fully saturated rings. The van der Waals surface area contributed by atoms with E-state index in [-0.39, 0.29) is 11.0 Å². The number of thioether (sulfide) groups is 1. The monoisotopic (exact) mass is 310 g/mol. The van der Waals surface area contributed by atoms with Gasteiger partial charge in [-0.25, -0.2) is 0 Å². The molecule has 0 bridgehead atoms. The summed E-state index contributed by atoms with van der Waals surface area (Å²) in [6.45, 7) is 6.74. The molecule has 112 valence electrons. The SMILES string of the molecule is CCON[C@@H](CSOCC)C(=O)NCCSC(C)=O. The average molecular weight is 310 g/mol. The number of hydroxylamine groups is 1. The molecule has 0 saturated carbocycles. The van der Waals surface area contributed by atoms with Gasteiger partial charge in [-0.3, -0.25) is 9.59 Å². The fraction of sp³-hybridized carbons (Fsp3) is 0.818. The molecule has 0 heterocycles. The summed E-state index contributed by atoms with van der Waals surface area (Å²) in [5, 5.41) is 2.80. The van der Waals surface area contributed by atoms with Crippen molar-refractivity contribution in [2.24, 2.45) is 0 Å². The molecule has 0 rings (SSSR count). The molecule has 0 aromatic heterocycles. The van der Waals surface area contributed by atoms with Gasteiger partial charge < -0.3 is 14.3 Å². The van der Waals surface area contributed by atoms with Crippen LogP contribution in [-0.2, 0) is 18.6 Å². The van der Waals surface area contributed by atoms with Gasteiger partial charge >= 0.3 is 0 Å². The van der Waals surface area contributed by atoms with Gasteiger partial charge in [0.15, 0.2) is 5.12 Å². The van der Waals surface area contributed by atoms with Crippen LogP contribution < -0.4 is 10.8 Å². The van der Waals surface area contributed by atoms with Crippen molar-refractivity contribution in [1.82, 2.24) is 10.8 Å². The van der Waals surface area contributed by atoms with Gasteiger partial charge in [-0.1, -0.05) is 11.8 Å². The summed E-state index contributed by atoms with van der Waals surface area (Å²) in [4.78, 5) is 27.7. The second-order valence-electron chi connectivity index (χ2n) is 3.43. The van der Waals surface area contributed by atoms with Crippen LogP contribution in [0.2, 0.25) is 0 Å². The summed E-state index contributed by atoms with van der Waals surface area (Å²) in [6, 6.07) is -0.473. The zero-order valence-corrected chi connectivity index (χ0v) is 13.2. The molecule has 0 aromatic carbocycles. The Labute approximate surface area is 122 Å². The topological polar surface area (TPSA) is 76.7 Å². The Hall–Kier alpha value is -0.280. The molecule has 0 spiro atoms. The molecule has 0 aliphatic carbocycles. The highest BCUT2D eigenvalue weighted by molar-refractivity contribution is 8.13. The zero-order chi connectivity index (χ0) is 14.5. The van der Waals surface area contributed by atoms with Crippen LogP contribution in [0.4, 0.5) is 0 Å². The Kier molecular flexibility index (Phi) is 12.6. The molecule has 2 N–H and O–H groups in total. The van der Waals surface area contributed by atoms with Crippen LogP contribution in [0, 0.1) is 0 Å². The molecule has 19 heavy (non-hydrogen) atoms. The van der Waals surface area contributed by atoms with E-state index in [1.807, 2.05) is 13.8 Å². The maximum absolute atomic E-state index is 11.9. The molecule has 0 aliphatic heterocycles. The second kappa shape index (κ2) is 12.7. The molecule has 1 amide bonds. The Morgan fingerprint density at radius 1 is 1.26 bits per heavy atom. The van der Waals surface area contributed by atoms with Gasteiger partial charge in [0.2, 0.25) is 5.91 Å². The first kappa shape index (κ1) is 18.7. The van der Waals surface area contributed by atoms with Gasteiger partial charge in [-0.15, -0.1) is 0 Å². The van der Waals surface area contributed by atoms with Gasteiger partial charge in [-0.05, 0) is 25.9 Å². The number of hydrogen-bond acceptors (Lipinski definition) is 7. The average Bonchev–Trinajstić information content (AvgIpc) is 2.38. The molecule has 8 heteroatoms. The van der Waals surface area contributed by atoms with Crippen LogP contribution in [-0.4, -0.2) is 48.3 Å². The fourth-order valence-corrected chi connectivity index (χ4v) is 2.15. The van der Waals surface area contributed by atoms with Gasteiger partial charge in [0.1, 0.15) is 6.04 Å². The van der Waals surface area contributed by atoms with Crippen LogP contribution in [0.5, 0.6) is 0 Å². The molecule has 0 aromatic rings. The molecule has 6 nitrogen and oxygen atoms in total. The number of hydrogen-bond donors (Lipinski definition) is 2. The van der Waals surface area contributed by atoms with E-state index in [1.54, 1.807) is 0 Å². The summed E-state index contributed by atoms with van der Waals surface area (Å²) in [5.74, 6) is 0.866. The summed E-state index contributed by atoms with van der Waals surface area (Å²) in [5.41, 5.74) is 2.69. The van der Waals surface area contributed by atoms with Crippen molar-refractivity contribution >= 4 is 34.8 Å². The van der Waals surface area contributed by atoms with Gasteiger partial charge in [-0.2, -0.15) is 5.48 Å².